The van der Waals surface area contributed by atoms with Crippen molar-refractivity contribution in [3.05, 3.63) is 23.9 Å². The van der Waals surface area contributed by atoms with Gasteiger partial charge in [0, 0.05) is 12.7 Å². The van der Waals surface area contributed by atoms with Gasteiger partial charge in [0.05, 0.1) is 18.4 Å². The number of ether oxygens (including phenoxy) is 3. The number of Topliss-reactive ketones (excluding diaryl/α,β-unsaturated/α-hetero) is 1. The van der Waals surface area contributed by atoms with Gasteiger partial charge in [-0.05, 0) is 12.5 Å². The van der Waals surface area contributed by atoms with Crippen LogP contribution in [0.5, 0.6) is 0 Å². The number of allylic oxidation sites excluding steroid dienone is 1. The number of alkyl halides is 1. The topological polar surface area (TPSA) is 128 Å². The van der Waals surface area contributed by atoms with Crippen LogP contribution < -0.4 is 5.32 Å². The van der Waals surface area contributed by atoms with Gasteiger partial charge >= 0.3 is 12.1 Å². The number of fused-ring (bicyclic) bond motifs is 1. The second kappa shape index (κ2) is 10.6. The van der Waals surface area contributed by atoms with Crippen molar-refractivity contribution in [3.63, 3.8) is 0 Å². The van der Waals surface area contributed by atoms with E-state index in [0.29, 0.717) is 11.3 Å². The molecule has 0 aromatic rings. The van der Waals surface area contributed by atoms with Crippen molar-refractivity contribution < 1.29 is 38.2 Å². The Bertz CT molecular complexity index is 799. The van der Waals surface area contributed by atoms with Crippen molar-refractivity contribution >= 4 is 57.4 Å². The number of amides is 2. The van der Waals surface area contributed by atoms with Gasteiger partial charge in [-0.2, -0.15) is 0 Å². The van der Waals surface area contributed by atoms with E-state index < -0.39 is 41.6 Å². The highest BCUT2D eigenvalue weighted by atomic mass is 79.9. The van der Waals surface area contributed by atoms with Crippen LogP contribution in [0.25, 0.3) is 0 Å². The first-order valence-corrected chi connectivity index (χ1v) is 11.1. The lowest BCUT2D eigenvalue weighted by Gasteiger charge is -2.49. The number of ketones is 1. The molecule has 0 aromatic heterocycles. The Balaban J connectivity index is 2.08. The van der Waals surface area contributed by atoms with Crippen molar-refractivity contribution in [2.45, 2.75) is 38.0 Å². The predicted molar refractivity (Wildman–Crippen MR) is 109 cm³/mol. The average molecular weight is 505 g/mol. The third-order valence-electron chi connectivity index (χ3n) is 4.06. The second-order valence-corrected chi connectivity index (χ2v) is 7.82. The summed E-state index contributed by atoms with van der Waals surface area (Å²) in [5.74, 6) is -1.93. The summed E-state index contributed by atoms with van der Waals surface area (Å²) in [4.78, 5) is 61.2. The number of nitrogens with zero attached hydrogens (tertiary/aromatic N) is 1. The molecule has 0 radical (unpaired) electrons. The lowest BCUT2D eigenvalue weighted by molar-refractivity contribution is -0.168. The van der Waals surface area contributed by atoms with E-state index in [0.717, 1.165) is 0 Å². The van der Waals surface area contributed by atoms with Gasteiger partial charge in [0.2, 0.25) is 12.2 Å². The molecule has 1 saturated heterocycles. The highest BCUT2D eigenvalue weighted by Crippen LogP contribution is 2.41. The van der Waals surface area contributed by atoms with Gasteiger partial charge in [-0.3, -0.25) is 19.3 Å². The lowest BCUT2D eigenvalue weighted by atomic mass is 10.0. The number of thioether (sulfide) groups is 1. The Kier molecular flexibility index (Phi) is 8.47. The van der Waals surface area contributed by atoms with Gasteiger partial charge in [-0.15, -0.1) is 11.8 Å². The van der Waals surface area contributed by atoms with Crippen LogP contribution >= 0.6 is 27.7 Å². The van der Waals surface area contributed by atoms with Crippen molar-refractivity contribution in [1.82, 2.24) is 10.2 Å². The Hall–Kier alpha value is -2.34. The first kappa shape index (κ1) is 23.9. The third kappa shape index (κ3) is 5.42. The Morgan fingerprint density at radius 2 is 2.07 bits per heavy atom. The first-order valence-electron chi connectivity index (χ1n) is 8.95. The predicted octanol–water partition coefficient (Wildman–Crippen LogP) is 1.24. The Labute approximate surface area is 185 Å². The normalized spacial score (nSPS) is 21.0. The zero-order chi connectivity index (χ0) is 22.4. The van der Waals surface area contributed by atoms with Gasteiger partial charge in [0.25, 0.3) is 5.91 Å². The maximum absolute atomic E-state index is 12.7. The van der Waals surface area contributed by atoms with Crippen molar-refractivity contribution in [2.24, 2.45) is 0 Å². The molecule has 2 unspecified atom stereocenters. The third-order valence-corrected chi connectivity index (χ3v) is 5.99. The van der Waals surface area contributed by atoms with E-state index in [-0.39, 0.29) is 29.8 Å². The molecule has 0 spiro atoms. The number of carbonyl (C=O) groups is 5. The van der Waals surface area contributed by atoms with E-state index >= 15 is 0 Å². The fourth-order valence-electron chi connectivity index (χ4n) is 2.76. The molecule has 3 atom stereocenters. The SMILES string of the molecule is C=CC1=C(C(=O)OC(C)OC(=O)OCC)N2C(=O)C(NC(=O)CC(=O)CBr)[C@@H]2SC1. The quantitative estimate of drug-likeness (QED) is 0.162. The van der Waals surface area contributed by atoms with E-state index in [1.165, 1.54) is 29.7 Å². The fourth-order valence-corrected chi connectivity index (χ4v) is 4.30. The van der Waals surface area contributed by atoms with E-state index in [2.05, 4.69) is 32.6 Å². The van der Waals surface area contributed by atoms with Gasteiger partial charge in [0.1, 0.15) is 17.1 Å². The summed E-state index contributed by atoms with van der Waals surface area (Å²) < 4.78 is 14.5. The summed E-state index contributed by atoms with van der Waals surface area (Å²) in [6.07, 6.45) is -1.15. The van der Waals surface area contributed by atoms with E-state index in [9.17, 15) is 24.0 Å². The molecule has 12 heteroatoms. The van der Waals surface area contributed by atoms with Crippen LogP contribution in [0.1, 0.15) is 20.3 Å². The maximum atomic E-state index is 12.7. The molecule has 164 valence electrons. The molecule has 30 heavy (non-hydrogen) atoms. The number of carbonyl (C=O) groups excluding carboxylic acids is 5. The van der Waals surface area contributed by atoms with Crippen LogP contribution in [0, 0.1) is 0 Å². The van der Waals surface area contributed by atoms with Gasteiger partial charge in [0.15, 0.2) is 5.78 Å². The molecule has 1 N–H and O–H groups in total. The van der Waals surface area contributed by atoms with Crippen LogP contribution in [0.4, 0.5) is 4.79 Å². The van der Waals surface area contributed by atoms with Gasteiger partial charge in [-0.25, -0.2) is 9.59 Å². The van der Waals surface area contributed by atoms with Crippen LogP contribution in [-0.2, 0) is 33.4 Å². The molecule has 0 aliphatic carbocycles. The largest absolute Gasteiger partial charge is 0.511 e. The molecule has 1 fully saturated rings. The molecule has 10 nitrogen and oxygen atoms in total. The molecule has 2 aliphatic rings. The summed E-state index contributed by atoms with van der Waals surface area (Å²) in [5.41, 5.74) is 0.442. The van der Waals surface area contributed by atoms with E-state index in [1.807, 2.05) is 0 Å². The van der Waals surface area contributed by atoms with Crippen LogP contribution in [0.3, 0.4) is 0 Å². The minimum atomic E-state index is -1.25. The van der Waals surface area contributed by atoms with Crippen molar-refractivity contribution in [1.29, 1.82) is 0 Å². The lowest BCUT2D eigenvalue weighted by Crippen LogP contribution is -2.70. The standard InChI is InChI=1S/C18H21BrN2O8S/c1-4-10-8-30-16-13(20-12(23)6-11(22)7-19)15(24)21(16)14(10)17(25)28-9(3)29-18(26)27-5-2/h4,9,13,16H,1,5-8H2,2-3H3,(H,20,23)/t9?,13?,16-/m0/s1. The van der Waals surface area contributed by atoms with Crippen LogP contribution in [0.15, 0.2) is 23.9 Å². The summed E-state index contributed by atoms with van der Waals surface area (Å²) in [7, 11) is 0. The molecular weight excluding hydrogens is 484 g/mol. The number of halogens is 1. The van der Waals surface area contributed by atoms with Gasteiger partial charge < -0.3 is 19.5 Å². The van der Waals surface area contributed by atoms with Crippen molar-refractivity contribution in [2.75, 3.05) is 17.7 Å². The summed E-state index contributed by atoms with van der Waals surface area (Å²) >= 11 is 4.31. The average Bonchev–Trinajstić information content (AvgIpc) is 2.70. The maximum Gasteiger partial charge on any atom is 0.511 e. The zero-order valence-electron chi connectivity index (χ0n) is 16.3. The molecule has 2 rings (SSSR count). The Morgan fingerprint density at radius 3 is 2.67 bits per heavy atom. The first-order chi connectivity index (χ1) is 14.2. The van der Waals surface area contributed by atoms with E-state index in [1.54, 1.807) is 6.92 Å². The van der Waals surface area contributed by atoms with Crippen LogP contribution in [-0.4, -0.2) is 70.0 Å². The number of hydrogen-bond donors (Lipinski definition) is 1. The molecule has 0 aromatic carbocycles. The minimum Gasteiger partial charge on any atom is -0.435 e. The number of rotatable bonds is 9. The van der Waals surface area contributed by atoms with Crippen LogP contribution in [0.2, 0.25) is 0 Å². The summed E-state index contributed by atoms with van der Waals surface area (Å²) in [6, 6.07) is -0.868. The molecule has 2 amide bonds. The minimum absolute atomic E-state index is 0.0277. The monoisotopic (exact) mass is 504 g/mol. The number of nitrogens with one attached hydrogen (secondary N) is 1. The van der Waals surface area contributed by atoms with Crippen molar-refractivity contribution in [3.8, 4) is 0 Å². The smallest absolute Gasteiger partial charge is 0.435 e. The molecule has 0 saturated carbocycles. The summed E-state index contributed by atoms with van der Waals surface area (Å²) in [6.45, 7) is 6.68. The Morgan fingerprint density at radius 1 is 1.37 bits per heavy atom. The summed E-state index contributed by atoms with van der Waals surface area (Å²) in [5, 5.41) is 2.03. The van der Waals surface area contributed by atoms with Gasteiger partial charge in [-0.1, -0.05) is 28.6 Å². The molecule has 2 aliphatic heterocycles. The molecule has 2 heterocycles. The van der Waals surface area contributed by atoms with E-state index in [4.69, 9.17) is 9.47 Å². The molecular formula is C18H21BrN2O8S. The number of esters is 1. The zero-order valence-corrected chi connectivity index (χ0v) is 18.7. The number of hydrogen-bond acceptors (Lipinski definition) is 9. The number of β-lactam (4-membered cyclic amide) rings is 1. The fraction of sp³-hybridized carbons (Fsp3) is 0.500. The highest BCUT2D eigenvalue weighted by molar-refractivity contribution is 9.09. The highest BCUT2D eigenvalue weighted by Gasteiger charge is 2.54. The molecule has 0 bridgehead atoms. The second-order valence-electron chi connectivity index (χ2n) is 6.16.